The average Bonchev–Trinajstić information content (AvgIpc) is 2.87. The maximum atomic E-state index is 9.28. The van der Waals surface area contributed by atoms with Crippen LogP contribution in [0.3, 0.4) is 0 Å². The van der Waals surface area contributed by atoms with E-state index < -0.39 is 0 Å². The molecule has 0 unspecified atom stereocenters. The third kappa shape index (κ3) is 2.66. The van der Waals surface area contributed by atoms with Gasteiger partial charge in [-0.2, -0.15) is 5.26 Å². The third-order valence-corrected chi connectivity index (χ3v) is 4.44. The zero-order valence-corrected chi connectivity index (χ0v) is 13.1. The Labute approximate surface area is 126 Å². The van der Waals surface area contributed by atoms with Crippen LogP contribution in [0.2, 0.25) is 0 Å². The second-order valence-electron chi connectivity index (χ2n) is 3.50. The number of thiophene rings is 1. The molecular weight excluding hydrogens is 376 g/mol. The van der Waals surface area contributed by atoms with E-state index in [9.17, 15) is 5.26 Å². The fraction of sp³-hybridized carbons (Fsp3) is 0. The van der Waals surface area contributed by atoms with E-state index in [0.717, 1.165) is 19.4 Å². The van der Waals surface area contributed by atoms with Gasteiger partial charge in [0.1, 0.15) is 6.07 Å². The standard InChI is InChI=1S/C13H8Br2N2S/c14-8-3-4-11(15)9(6-8)13(17)10(7-16)12-2-1-5-18-12/h1-6H,17H2/b13-10-. The topological polar surface area (TPSA) is 49.8 Å². The molecule has 0 aliphatic heterocycles. The van der Waals surface area contributed by atoms with Gasteiger partial charge in [-0.3, -0.25) is 0 Å². The first-order valence-corrected chi connectivity index (χ1v) is 7.49. The van der Waals surface area contributed by atoms with Crippen molar-refractivity contribution in [2.45, 2.75) is 0 Å². The van der Waals surface area contributed by atoms with E-state index in [2.05, 4.69) is 37.9 Å². The van der Waals surface area contributed by atoms with Crippen molar-refractivity contribution in [1.29, 1.82) is 5.26 Å². The second-order valence-corrected chi connectivity index (χ2v) is 6.22. The first-order valence-electron chi connectivity index (χ1n) is 5.02. The van der Waals surface area contributed by atoms with Crippen molar-refractivity contribution in [2.75, 3.05) is 0 Å². The molecule has 0 radical (unpaired) electrons. The van der Waals surface area contributed by atoms with Crippen molar-refractivity contribution in [1.82, 2.24) is 0 Å². The van der Waals surface area contributed by atoms with Gasteiger partial charge >= 0.3 is 0 Å². The van der Waals surface area contributed by atoms with Crippen LogP contribution >= 0.6 is 43.2 Å². The number of nitrogens with zero attached hydrogens (tertiary/aromatic N) is 1. The van der Waals surface area contributed by atoms with Crippen LogP contribution in [-0.2, 0) is 0 Å². The highest BCUT2D eigenvalue weighted by atomic mass is 79.9. The van der Waals surface area contributed by atoms with Crippen molar-refractivity contribution in [3.63, 3.8) is 0 Å². The summed E-state index contributed by atoms with van der Waals surface area (Å²) in [5.74, 6) is 0. The van der Waals surface area contributed by atoms with Crippen LogP contribution in [0.25, 0.3) is 11.3 Å². The highest BCUT2D eigenvalue weighted by Crippen LogP contribution is 2.31. The van der Waals surface area contributed by atoms with Gasteiger partial charge < -0.3 is 5.73 Å². The second kappa shape index (κ2) is 5.70. The Balaban J connectivity index is 2.62. The molecule has 2 nitrogen and oxygen atoms in total. The SMILES string of the molecule is N#C/C(=C(/N)c1cc(Br)ccc1Br)c1cccs1. The highest BCUT2D eigenvalue weighted by Gasteiger charge is 2.12. The minimum atomic E-state index is 0.480. The van der Waals surface area contributed by atoms with Gasteiger partial charge in [0.25, 0.3) is 0 Å². The predicted molar refractivity (Wildman–Crippen MR) is 82.8 cm³/mol. The van der Waals surface area contributed by atoms with Gasteiger partial charge in [0.2, 0.25) is 0 Å². The molecular formula is C13H8Br2N2S. The van der Waals surface area contributed by atoms with Crippen LogP contribution in [0.5, 0.6) is 0 Å². The Kier molecular flexibility index (Phi) is 4.23. The Morgan fingerprint density at radius 3 is 2.67 bits per heavy atom. The van der Waals surface area contributed by atoms with Gasteiger partial charge in [0.05, 0.1) is 11.3 Å². The van der Waals surface area contributed by atoms with Crippen molar-refractivity contribution in [3.8, 4) is 6.07 Å². The van der Waals surface area contributed by atoms with Crippen LogP contribution in [0, 0.1) is 11.3 Å². The van der Waals surface area contributed by atoms with Crippen LogP contribution in [0.4, 0.5) is 0 Å². The molecule has 1 aromatic heterocycles. The zero-order valence-electron chi connectivity index (χ0n) is 9.15. The lowest BCUT2D eigenvalue weighted by molar-refractivity contribution is 1.46. The van der Waals surface area contributed by atoms with Gasteiger partial charge in [0.15, 0.2) is 0 Å². The summed E-state index contributed by atoms with van der Waals surface area (Å²) in [6.07, 6.45) is 0. The summed E-state index contributed by atoms with van der Waals surface area (Å²) < 4.78 is 1.79. The molecule has 0 aliphatic rings. The number of halogens is 2. The predicted octanol–water partition coefficient (Wildman–Crippen LogP) is 4.62. The fourth-order valence-corrected chi connectivity index (χ4v) is 3.06. The van der Waals surface area contributed by atoms with Gasteiger partial charge in [-0.25, -0.2) is 0 Å². The molecule has 0 atom stereocenters. The van der Waals surface area contributed by atoms with Crippen LogP contribution in [0.15, 0.2) is 44.7 Å². The lowest BCUT2D eigenvalue weighted by Gasteiger charge is -2.07. The summed E-state index contributed by atoms with van der Waals surface area (Å²) in [5, 5.41) is 11.2. The molecule has 0 fully saturated rings. The number of nitrogens with two attached hydrogens (primary N) is 1. The van der Waals surface area contributed by atoms with Crippen molar-refractivity contribution < 1.29 is 0 Å². The Morgan fingerprint density at radius 1 is 1.28 bits per heavy atom. The quantitative estimate of drug-likeness (QED) is 0.769. The number of rotatable bonds is 2. The number of hydrogen-bond acceptors (Lipinski definition) is 3. The normalized spacial score (nSPS) is 11.8. The third-order valence-electron chi connectivity index (χ3n) is 2.37. The first-order chi connectivity index (χ1) is 8.63. The van der Waals surface area contributed by atoms with E-state index in [1.807, 2.05) is 35.7 Å². The van der Waals surface area contributed by atoms with Gasteiger partial charge in [0, 0.05) is 19.4 Å². The van der Waals surface area contributed by atoms with E-state index in [4.69, 9.17) is 5.73 Å². The molecule has 2 aromatic rings. The van der Waals surface area contributed by atoms with E-state index >= 15 is 0 Å². The highest BCUT2D eigenvalue weighted by molar-refractivity contribution is 9.11. The summed E-state index contributed by atoms with van der Waals surface area (Å²) in [5.41, 5.74) is 7.92. The molecule has 2 rings (SSSR count). The molecule has 0 bridgehead atoms. The first kappa shape index (κ1) is 13.3. The summed E-state index contributed by atoms with van der Waals surface area (Å²) in [7, 11) is 0. The molecule has 0 aliphatic carbocycles. The van der Waals surface area contributed by atoms with Gasteiger partial charge in [-0.1, -0.05) is 37.9 Å². The largest absolute Gasteiger partial charge is 0.397 e. The molecule has 1 heterocycles. The smallest absolute Gasteiger partial charge is 0.103 e. The van der Waals surface area contributed by atoms with E-state index in [-0.39, 0.29) is 0 Å². The average molecular weight is 384 g/mol. The Hall–Kier alpha value is -1.09. The molecule has 1 aromatic carbocycles. The van der Waals surface area contributed by atoms with E-state index in [1.54, 1.807) is 0 Å². The number of benzene rings is 1. The lowest BCUT2D eigenvalue weighted by atomic mass is 10.1. The summed E-state index contributed by atoms with van der Waals surface area (Å²) in [6, 6.07) is 11.7. The molecule has 18 heavy (non-hydrogen) atoms. The van der Waals surface area contributed by atoms with Crippen LogP contribution in [0.1, 0.15) is 10.4 Å². The van der Waals surface area contributed by atoms with Crippen LogP contribution in [-0.4, -0.2) is 0 Å². The monoisotopic (exact) mass is 382 g/mol. The minimum Gasteiger partial charge on any atom is -0.397 e. The zero-order chi connectivity index (χ0) is 13.1. The maximum Gasteiger partial charge on any atom is 0.103 e. The fourth-order valence-electron chi connectivity index (χ4n) is 1.51. The Bertz CT molecular complexity index is 640. The summed E-state index contributed by atoms with van der Waals surface area (Å²) >= 11 is 8.36. The molecule has 2 N–H and O–H groups in total. The molecule has 90 valence electrons. The number of nitriles is 1. The summed E-state index contributed by atoms with van der Waals surface area (Å²) in [4.78, 5) is 0.877. The lowest BCUT2D eigenvalue weighted by Crippen LogP contribution is -2.01. The van der Waals surface area contributed by atoms with Crippen molar-refractivity contribution >= 4 is 54.5 Å². The molecule has 0 saturated carbocycles. The van der Waals surface area contributed by atoms with Gasteiger partial charge in [-0.15, -0.1) is 11.3 Å². The minimum absolute atomic E-state index is 0.480. The maximum absolute atomic E-state index is 9.28. The van der Waals surface area contributed by atoms with Gasteiger partial charge in [-0.05, 0) is 29.6 Å². The van der Waals surface area contributed by atoms with Crippen molar-refractivity contribution in [2.24, 2.45) is 5.73 Å². The van der Waals surface area contributed by atoms with Crippen molar-refractivity contribution in [3.05, 3.63) is 55.1 Å². The number of hydrogen-bond donors (Lipinski definition) is 1. The summed E-state index contributed by atoms with van der Waals surface area (Å²) in [6.45, 7) is 0. The molecule has 5 heteroatoms. The molecule has 0 saturated heterocycles. The molecule has 0 amide bonds. The van der Waals surface area contributed by atoms with Crippen LogP contribution < -0.4 is 5.73 Å². The van der Waals surface area contributed by atoms with E-state index in [1.165, 1.54) is 11.3 Å². The molecule has 0 spiro atoms. The number of allylic oxidation sites excluding steroid dienone is 1. The van der Waals surface area contributed by atoms with E-state index in [0.29, 0.717) is 11.3 Å². The Morgan fingerprint density at radius 2 is 2.06 bits per heavy atom.